The molecule has 0 radical (unpaired) electrons. The molecule has 1 aliphatic heterocycles. The molecular weight excluding hydrogens is 489 g/mol. The van der Waals surface area contributed by atoms with E-state index in [9.17, 15) is 27.9 Å². The normalized spacial score (nSPS) is 16.8. The number of carboxylic acid groups (broad SMARTS) is 1. The molecule has 0 spiro atoms. The maximum atomic E-state index is 13.4. The number of hydrogen-bond acceptors (Lipinski definition) is 6. The Morgan fingerprint density at radius 2 is 2.00 bits per heavy atom. The quantitative estimate of drug-likeness (QED) is 0.364. The summed E-state index contributed by atoms with van der Waals surface area (Å²) in [5.41, 5.74) is -0.533. The van der Waals surface area contributed by atoms with Gasteiger partial charge in [-0.1, -0.05) is 6.07 Å². The van der Waals surface area contributed by atoms with Crippen LogP contribution in [0.5, 0.6) is 0 Å². The van der Waals surface area contributed by atoms with Gasteiger partial charge in [0.25, 0.3) is 0 Å². The van der Waals surface area contributed by atoms with Gasteiger partial charge in [-0.25, -0.2) is 9.78 Å². The number of unbranched alkanes of at least 4 members (excludes halogenated alkanes) is 1. The molecule has 37 heavy (non-hydrogen) atoms. The molecule has 0 saturated heterocycles. The average molecular weight is 521 g/mol. The second kappa shape index (κ2) is 11.5. The van der Waals surface area contributed by atoms with Crippen LogP contribution in [0.25, 0.3) is 0 Å². The van der Waals surface area contributed by atoms with Crippen molar-refractivity contribution >= 4 is 17.7 Å². The van der Waals surface area contributed by atoms with Crippen LogP contribution in [0.3, 0.4) is 0 Å². The van der Waals surface area contributed by atoms with Crippen LogP contribution in [0.4, 0.5) is 19.0 Å². The molecule has 2 aromatic heterocycles. The van der Waals surface area contributed by atoms with Crippen LogP contribution in [0.1, 0.15) is 61.0 Å². The number of carboxylic acids is 1. The Bertz CT molecular complexity index is 1120. The fourth-order valence-corrected chi connectivity index (χ4v) is 4.59. The van der Waals surface area contributed by atoms with Gasteiger partial charge >= 0.3 is 12.1 Å². The van der Waals surface area contributed by atoms with E-state index in [0.29, 0.717) is 6.61 Å². The van der Waals surface area contributed by atoms with Crippen molar-refractivity contribution in [3.05, 3.63) is 53.0 Å². The average Bonchev–Trinajstić information content (AvgIpc) is 3.69. The lowest BCUT2D eigenvalue weighted by atomic mass is 9.95. The highest BCUT2D eigenvalue weighted by atomic mass is 19.4. The van der Waals surface area contributed by atoms with Gasteiger partial charge < -0.3 is 20.5 Å². The summed E-state index contributed by atoms with van der Waals surface area (Å²) >= 11 is 0. The van der Waals surface area contributed by atoms with Crippen LogP contribution in [-0.4, -0.2) is 52.8 Å². The Hall–Kier alpha value is -3.21. The summed E-state index contributed by atoms with van der Waals surface area (Å²) in [7, 11) is 0. The number of hydrogen-bond donors (Lipinski definition) is 3. The number of fused-ring (bicyclic) bond motifs is 1. The number of anilines is 1. The summed E-state index contributed by atoms with van der Waals surface area (Å²) < 4.78 is 45.9. The summed E-state index contributed by atoms with van der Waals surface area (Å²) in [6.45, 7) is 1.47. The molecule has 2 aromatic rings. The molecule has 0 unspecified atom stereocenters. The van der Waals surface area contributed by atoms with Crippen molar-refractivity contribution < 1.29 is 32.6 Å². The largest absolute Gasteiger partial charge is 0.480 e. The zero-order chi connectivity index (χ0) is 26.5. The number of rotatable bonds is 12. The Kier molecular flexibility index (Phi) is 8.31. The third-order valence-electron chi connectivity index (χ3n) is 6.83. The summed E-state index contributed by atoms with van der Waals surface area (Å²) in [6.07, 6.45) is 1.49. The Morgan fingerprint density at radius 3 is 2.73 bits per heavy atom. The number of amides is 1. The molecule has 1 saturated carbocycles. The first-order valence-electron chi connectivity index (χ1n) is 12.6. The number of aromatic nitrogens is 2. The maximum absolute atomic E-state index is 13.4. The Labute approximate surface area is 213 Å². The van der Waals surface area contributed by atoms with E-state index in [4.69, 9.17) is 4.74 Å². The third kappa shape index (κ3) is 6.57. The highest BCUT2D eigenvalue weighted by Crippen LogP contribution is 2.51. The minimum atomic E-state index is -4.66. The molecule has 3 heterocycles. The van der Waals surface area contributed by atoms with Gasteiger partial charge in [0.2, 0.25) is 5.91 Å². The first-order valence-corrected chi connectivity index (χ1v) is 12.6. The Morgan fingerprint density at radius 1 is 1.19 bits per heavy atom. The van der Waals surface area contributed by atoms with Crippen molar-refractivity contribution in [2.45, 2.75) is 69.0 Å². The number of alkyl halides is 3. The van der Waals surface area contributed by atoms with Crippen molar-refractivity contribution in [1.82, 2.24) is 15.3 Å². The summed E-state index contributed by atoms with van der Waals surface area (Å²) in [4.78, 5) is 33.1. The fraction of sp³-hybridized carbons (Fsp3) is 0.538. The number of aryl methyl sites for hydroxylation is 2. The lowest BCUT2D eigenvalue weighted by molar-refractivity contribution is -0.143. The second-order valence-electron chi connectivity index (χ2n) is 9.54. The number of halogens is 3. The molecular formula is C26H31F3N4O4. The van der Waals surface area contributed by atoms with E-state index in [2.05, 4.69) is 26.7 Å². The van der Waals surface area contributed by atoms with Crippen molar-refractivity contribution in [2.24, 2.45) is 0 Å². The van der Waals surface area contributed by atoms with Gasteiger partial charge in [-0.05, 0) is 68.7 Å². The number of ether oxygens (including phenoxy) is 1. The standard InChI is InChI=1S/C26H31F3N4O4/c27-26(28,29)19-7-4-13-30-21(19)25(11-12-25)24(36)33-20(23(34)35)10-16-37-15-2-1-6-18-9-8-17-5-3-14-31-22(17)32-18/h4,7-9,13,20H,1-3,5-6,10-12,14-16H2,(H,31,32)(H,33,36)(H,34,35)/t20-/m0/s1. The number of nitrogens with one attached hydrogen (secondary N) is 2. The summed E-state index contributed by atoms with van der Waals surface area (Å²) in [5.74, 6) is -1.06. The number of pyridine rings is 2. The van der Waals surface area contributed by atoms with Crippen molar-refractivity contribution in [3.63, 3.8) is 0 Å². The molecule has 1 atom stereocenters. The first kappa shape index (κ1) is 26.8. The van der Waals surface area contributed by atoms with Crippen LogP contribution in [0.15, 0.2) is 30.5 Å². The van der Waals surface area contributed by atoms with Crippen LogP contribution in [-0.2, 0) is 38.8 Å². The van der Waals surface area contributed by atoms with Gasteiger partial charge in [0.1, 0.15) is 11.9 Å². The van der Waals surface area contributed by atoms with Crippen LogP contribution in [0.2, 0.25) is 0 Å². The van der Waals surface area contributed by atoms with E-state index in [1.54, 1.807) is 0 Å². The second-order valence-corrected chi connectivity index (χ2v) is 9.54. The topological polar surface area (TPSA) is 113 Å². The van der Waals surface area contributed by atoms with Gasteiger partial charge in [0.05, 0.1) is 16.7 Å². The van der Waals surface area contributed by atoms with Crippen LogP contribution in [0, 0.1) is 0 Å². The van der Waals surface area contributed by atoms with Crippen molar-refractivity contribution in [1.29, 1.82) is 0 Å². The molecule has 2 aliphatic rings. The molecule has 4 rings (SSSR count). The smallest absolute Gasteiger partial charge is 0.418 e. The molecule has 11 heteroatoms. The van der Waals surface area contributed by atoms with Gasteiger partial charge in [-0.2, -0.15) is 13.2 Å². The SMILES string of the molecule is O=C(O)[C@H](CCOCCCCc1ccc2c(n1)NCCC2)NC(=O)C1(c2ncccc2C(F)(F)F)CC1. The number of aliphatic carboxylic acids is 1. The van der Waals surface area contributed by atoms with E-state index in [0.717, 1.165) is 62.3 Å². The van der Waals surface area contributed by atoms with E-state index in [1.807, 2.05) is 6.07 Å². The lowest BCUT2D eigenvalue weighted by Crippen LogP contribution is -2.46. The predicted molar refractivity (Wildman–Crippen MR) is 129 cm³/mol. The van der Waals surface area contributed by atoms with Gasteiger partial charge in [-0.3, -0.25) is 9.78 Å². The van der Waals surface area contributed by atoms with Crippen molar-refractivity contribution in [3.8, 4) is 0 Å². The number of carbonyl (C=O) groups excluding carboxylic acids is 1. The lowest BCUT2D eigenvalue weighted by Gasteiger charge is -2.22. The zero-order valence-corrected chi connectivity index (χ0v) is 20.4. The molecule has 0 aromatic carbocycles. The van der Waals surface area contributed by atoms with E-state index in [-0.39, 0.29) is 31.6 Å². The molecule has 1 fully saturated rings. The van der Waals surface area contributed by atoms with E-state index < -0.39 is 35.1 Å². The minimum absolute atomic E-state index is 0.00352. The van der Waals surface area contributed by atoms with Gasteiger partial charge in [0, 0.05) is 38.1 Å². The summed E-state index contributed by atoms with van der Waals surface area (Å²) in [6, 6.07) is 4.94. The third-order valence-corrected chi connectivity index (χ3v) is 6.83. The monoisotopic (exact) mass is 520 g/mol. The van der Waals surface area contributed by atoms with Gasteiger partial charge in [-0.15, -0.1) is 0 Å². The molecule has 200 valence electrons. The first-order chi connectivity index (χ1) is 17.7. The fourth-order valence-electron chi connectivity index (χ4n) is 4.59. The summed E-state index contributed by atoms with van der Waals surface area (Å²) in [5, 5.41) is 15.3. The van der Waals surface area contributed by atoms with E-state index >= 15 is 0 Å². The highest BCUT2D eigenvalue weighted by Gasteiger charge is 2.56. The minimum Gasteiger partial charge on any atom is -0.480 e. The zero-order valence-electron chi connectivity index (χ0n) is 20.4. The maximum Gasteiger partial charge on any atom is 0.418 e. The van der Waals surface area contributed by atoms with E-state index in [1.165, 1.54) is 11.8 Å². The molecule has 1 aliphatic carbocycles. The predicted octanol–water partition coefficient (Wildman–Crippen LogP) is 3.88. The Balaban J connectivity index is 1.21. The molecule has 1 amide bonds. The highest BCUT2D eigenvalue weighted by molar-refractivity contribution is 5.93. The van der Waals surface area contributed by atoms with Gasteiger partial charge in [0.15, 0.2) is 0 Å². The molecule has 0 bridgehead atoms. The van der Waals surface area contributed by atoms with Crippen LogP contribution < -0.4 is 10.6 Å². The van der Waals surface area contributed by atoms with Crippen LogP contribution >= 0.6 is 0 Å². The molecule has 3 N–H and O–H groups in total. The van der Waals surface area contributed by atoms with Crippen molar-refractivity contribution in [2.75, 3.05) is 25.1 Å². The molecule has 8 nitrogen and oxygen atoms in total. The number of carbonyl (C=O) groups is 2. The number of nitrogens with zero attached hydrogens (tertiary/aromatic N) is 2.